The maximum Gasteiger partial charge on any atom is 0.274 e. The van der Waals surface area contributed by atoms with E-state index in [9.17, 15) is 21.6 Å². The summed E-state index contributed by atoms with van der Waals surface area (Å²) < 4.78 is 47.5. The van der Waals surface area contributed by atoms with Crippen molar-refractivity contribution in [2.45, 2.75) is 24.2 Å². The molecule has 2 aromatic rings. The van der Waals surface area contributed by atoms with Gasteiger partial charge in [-0.1, -0.05) is 35.3 Å². The first-order chi connectivity index (χ1) is 13.5. The highest BCUT2D eigenvalue weighted by molar-refractivity contribution is 7.91. The van der Waals surface area contributed by atoms with Gasteiger partial charge < -0.3 is 4.90 Å². The van der Waals surface area contributed by atoms with Gasteiger partial charge in [0.1, 0.15) is 0 Å². The number of carbonyl (C=O) groups is 1. The van der Waals surface area contributed by atoms with Crippen molar-refractivity contribution in [1.82, 2.24) is 14.9 Å². The Morgan fingerprint density at radius 3 is 2.45 bits per heavy atom. The van der Waals surface area contributed by atoms with Gasteiger partial charge >= 0.3 is 0 Å². The van der Waals surface area contributed by atoms with Gasteiger partial charge in [0.15, 0.2) is 15.5 Å². The molecule has 0 radical (unpaired) electrons. The fraction of sp³-hybridized carbons (Fsp3) is 0.353. The van der Waals surface area contributed by atoms with E-state index >= 15 is 0 Å². The van der Waals surface area contributed by atoms with Crippen LogP contribution in [0.2, 0.25) is 10.0 Å². The van der Waals surface area contributed by atoms with Crippen LogP contribution < -0.4 is 0 Å². The molecule has 1 amide bonds. The lowest BCUT2D eigenvalue weighted by Crippen LogP contribution is -2.41. The summed E-state index contributed by atoms with van der Waals surface area (Å²) in [5.74, 6) is -0.887. The van der Waals surface area contributed by atoms with Crippen molar-refractivity contribution in [1.29, 1.82) is 0 Å². The Bertz CT molecular complexity index is 1150. The summed E-state index contributed by atoms with van der Waals surface area (Å²) in [6.07, 6.45) is 2.23. The molecule has 156 valence electrons. The summed E-state index contributed by atoms with van der Waals surface area (Å²) in [4.78, 5) is 22.1. The zero-order chi connectivity index (χ0) is 21.4. The molecule has 1 aromatic heterocycles. The smallest absolute Gasteiger partial charge is 0.274 e. The largest absolute Gasteiger partial charge is 0.329 e. The maximum absolute atomic E-state index is 13.2. The maximum atomic E-state index is 13.2. The SMILES string of the molecule is CS(=O)(=O)c1ncc(Cl)c(C(=O)N(Cc2ccc(Cl)cc2)C2CCS(=O)(=O)C2)n1. The molecule has 29 heavy (non-hydrogen) atoms. The fourth-order valence-electron chi connectivity index (χ4n) is 2.99. The third-order valence-electron chi connectivity index (χ3n) is 4.43. The van der Waals surface area contributed by atoms with E-state index in [0.717, 1.165) is 18.0 Å². The summed E-state index contributed by atoms with van der Waals surface area (Å²) >= 11 is 12.0. The highest BCUT2D eigenvalue weighted by Gasteiger charge is 2.36. The van der Waals surface area contributed by atoms with Crippen molar-refractivity contribution < 1.29 is 21.6 Å². The van der Waals surface area contributed by atoms with E-state index in [1.807, 2.05) is 0 Å². The molecule has 12 heteroatoms. The number of rotatable bonds is 5. The minimum atomic E-state index is -3.76. The summed E-state index contributed by atoms with van der Waals surface area (Å²) in [5, 5.41) is -0.133. The van der Waals surface area contributed by atoms with Gasteiger partial charge in [-0.25, -0.2) is 26.8 Å². The second-order valence-electron chi connectivity index (χ2n) is 6.74. The van der Waals surface area contributed by atoms with Crippen LogP contribution in [0.15, 0.2) is 35.6 Å². The third kappa shape index (κ3) is 5.25. The molecular weight excluding hydrogens is 461 g/mol. The lowest BCUT2D eigenvalue weighted by molar-refractivity contribution is 0.0674. The molecule has 1 aliphatic heterocycles. The molecule has 1 saturated heterocycles. The lowest BCUT2D eigenvalue weighted by Gasteiger charge is -2.28. The zero-order valence-corrected chi connectivity index (χ0v) is 18.4. The molecule has 0 saturated carbocycles. The Kier molecular flexibility index (Phi) is 6.19. The Hall–Kier alpha value is -1.75. The molecule has 1 aromatic carbocycles. The van der Waals surface area contributed by atoms with E-state index in [4.69, 9.17) is 23.2 Å². The number of sulfone groups is 2. The highest BCUT2D eigenvalue weighted by Crippen LogP contribution is 2.25. The van der Waals surface area contributed by atoms with Gasteiger partial charge in [-0.15, -0.1) is 0 Å². The minimum absolute atomic E-state index is 0.0336. The van der Waals surface area contributed by atoms with E-state index in [2.05, 4.69) is 9.97 Å². The van der Waals surface area contributed by atoms with Crippen LogP contribution >= 0.6 is 23.2 Å². The molecule has 1 aliphatic rings. The predicted molar refractivity (Wildman–Crippen MR) is 109 cm³/mol. The Balaban J connectivity index is 2.01. The number of hydrogen-bond acceptors (Lipinski definition) is 7. The van der Waals surface area contributed by atoms with Crippen molar-refractivity contribution >= 4 is 48.8 Å². The van der Waals surface area contributed by atoms with E-state index in [-0.39, 0.29) is 35.2 Å². The molecule has 0 N–H and O–H groups in total. The number of carbonyl (C=O) groups excluding carboxylic acids is 1. The Morgan fingerprint density at radius 1 is 1.24 bits per heavy atom. The van der Waals surface area contributed by atoms with Gasteiger partial charge in [-0.3, -0.25) is 4.79 Å². The monoisotopic (exact) mass is 477 g/mol. The molecule has 1 fully saturated rings. The second-order valence-corrected chi connectivity index (χ2v) is 11.7. The number of halogens is 2. The first-order valence-corrected chi connectivity index (χ1v) is 12.9. The molecule has 0 bridgehead atoms. The van der Waals surface area contributed by atoms with Gasteiger partial charge in [0.25, 0.3) is 5.91 Å². The molecule has 1 unspecified atom stereocenters. The van der Waals surface area contributed by atoms with Crippen LogP contribution in [0.5, 0.6) is 0 Å². The normalized spacial score (nSPS) is 18.5. The molecule has 0 aliphatic carbocycles. The minimum Gasteiger partial charge on any atom is -0.329 e. The molecule has 2 heterocycles. The molecule has 0 spiro atoms. The van der Waals surface area contributed by atoms with Crippen molar-refractivity contribution in [3.05, 3.63) is 51.8 Å². The van der Waals surface area contributed by atoms with Crippen LogP contribution in [-0.4, -0.2) is 61.4 Å². The quantitative estimate of drug-likeness (QED) is 0.604. The Morgan fingerprint density at radius 2 is 1.90 bits per heavy atom. The van der Waals surface area contributed by atoms with Crippen LogP contribution in [0.4, 0.5) is 0 Å². The van der Waals surface area contributed by atoms with Gasteiger partial charge in [-0.2, -0.15) is 0 Å². The second kappa shape index (κ2) is 8.17. The van der Waals surface area contributed by atoms with E-state index in [1.54, 1.807) is 24.3 Å². The van der Waals surface area contributed by atoms with Crippen molar-refractivity contribution in [2.24, 2.45) is 0 Å². The number of aromatic nitrogens is 2. The predicted octanol–water partition coefficient (Wildman–Crippen LogP) is 2.02. The van der Waals surface area contributed by atoms with Crippen LogP contribution in [0, 0.1) is 0 Å². The third-order valence-corrected chi connectivity index (χ3v) is 7.57. The van der Waals surface area contributed by atoms with Gasteiger partial charge in [0, 0.05) is 23.9 Å². The number of amides is 1. The summed E-state index contributed by atoms with van der Waals surface area (Å²) in [7, 11) is -7.04. The van der Waals surface area contributed by atoms with Gasteiger partial charge in [-0.05, 0) is 24.1 Å². The van der Waals surface area contributed by atoms with Crippen LogP contribution in [0.25, 0.3) is 0 Å². The molecule has 1 atom stereocenters. The van der Waals surface area contributed by atoms with Crippen LogP contribution in [-0.2, 0) is 26.2 Å². The fourth-order valence-corrected chi connectivity index (χ4v) is 5.52. The topological polar surface area (TPSA) is 114 Å². The average Bonchev–Trinajstić information content (AvgIpc) is 2.99. The van der Waals surface area contributed by atoms with E-state index < -0.39 is 36.8 Å². The first-order valence-electron chi connectivity index (χ1n) is 8.45. The van der Waals surface area contributed by atoms with Gasteiger partial charge in [0.05, 0.1) is 22.7 Å². The van der Waals surface area contributed by atoms with E-state index in [0.29, 0.717) is 5.02 Å². The lowest BCUT2D eigenvalue weighted by atomic mass is 10.1. The summed E-state index contributed by atoms with van der Waals surface area (Å²) in [5.41, 5.74) is 0.431. The Labute approximate surface area is 178 Å². The average molecular weight is 478 g/mol. The van der Waals surface area contributed by atoms with Crippen molar-refractivity contribution in [2.75, 3.05) is 17.8 Å². The number of nitrogens with zero attached hydrogens (tertiary/aromatic N) is 3. The zero-order valence-electron chi connectivity index (χ0n) is 15.2. The van der Waals surface area contributed by atoms with E-state index in [1.165, 1.54) is 4.90 Å². The number of benzene rings is 1. The highest BCUT2D eigenvalue weighted by atomic mass is 35.5. The summed E-state index contributed by atoms with van der Waals surface area (Å²) in [6.45, 7) is 0.0880. The van der Waals surface area contributed by atoms with Crippen LogP contribution in [0.1, 0.15) is 22.5 Å². The molecule has 8 nitrogen and oxygen atoms in total. The van der Waals surface area contributed by atoms with Gasteiger partial charge in [0.2, 0.25) is 15.0 Å². The first kappa shape index (κ1) is 21.9. The summed E-state index contributed by atoms with van der Waals surface area (Å²) in [6, 6.07) is 6.16. The van der Waals surface area contributed by atoms with Crippen molar-refractivity contribution in [3.63, 3.8) is 0 Å². The van der Waals surface area contributed by atoms with Crippen LogP contribution in [0.3, 0.4) is 0 Å². The van der Waals surface area contributed by atoms with Crippen molar-refractivity contribution in [3.8, 4) is 0 Å². The number of hydrogen-bond donors (Lipinski definition) is 0. The molecule has 3 rings (SSSR count). The standard InChI is InChI=1S/C17H17Cl2N3O5S2/c1-28(24,25)17-20-8-14(19)15(21-17)16(23)22(13-6-7-29(26,27)10-13)9-11-2-4-12(18)5-3-11/h2-5,8,13H,6-7,9-10H2,1H3. The molecular formula is C17H17Cl2N3O5S2.